The summed E-state index contributed by atoms with van der Waals surface area (Å²) >= 11 is 1.74. The van der Waals surface area contributed by atoms with Crippen molar-refractivity contribution >= 4 is 23.0 Å². The fourth-order valence-electron chi connectivity index (χ4n) is 1.89. The van der Waals surface area contributed by atoms with Crippen molar-refractivity contribution in [1.82, 2.24) is 9.97 Å². The van der Waals surface area contributed by atoms with Crippen LogP contribution in [-0.4, -0.2) is 16.6 Å². The van der Waals surface area contributed by atoms with E-state index in [9.17, 15) is 0 Å². The second kappa shape index (κ2) is 7.21. The Morgan fingerprint density at radius 1 is 1.40 bits per heavy atom. The zero-order valence-electron chi connectivity index (χ0n) is 11.8. The summed E-state index contributed by atoms with van der Waals surface area (Å²) in [5.41, 5.74) is 5.82. The van der Waals surface area contributed by atoms with Crippen LogP contribution in [0.4, 0.5) is 11.6 Å². The lowest BCUT2D eigenvalue weighted by Gasteiger charge is -2.16. The van der Waals surface area contributed by atoms with E-state index in [2.05, 4.69) is 39.7 Å². The Hall–Kier alpha value is -1.66. The Morgan fingerprint density at radius 2 is 2.25 bits per heavy atom. The molecule has 0 fully saturated rings. The van der Waals surface area contributed by atoms with Gasteiger partial charge in [-0.1, -0.05) is 13.0 Å². The van der Waals surface area contributed by atoms with Crippen LogP contribution in [0.25, 0.3) is 0 Å². The molecule has 6 heteroatoms. The topological polar surface area (TPSA) is 73.1 Å². The van der Waals surface area contributed by atoms with Crippen molar-refractivity contribution in [3.8, 4) is 0 Å². The first-order chi connectivity index (χ1) is 9.72. The number of rotatable bonds is 7. The van der Waals surface area contributed by atoms with Crippen molar-refractivity contribution in [2.24, 2.45) is 0 Å². The third kappa shape index (κ3) is 3.91. The SMILES string of the molecule is CCOCc1nc(N)cc(NC(CC)c2cccs2)n1. The molecule has 5 nitrogen and oxygen atoms in total. The van der Waals surface area contributed by atoms with E-state index in [1.807, 2.05) is 6.92 Å². The van der Waals surface area contributed by atoms with E-state index in [1.165, 1.54) is 4.88 Å². The van der Waals surface area contributed by atoms with Crippen LogP contribution in [0.2, 0.25) is 0 Å². The zero-order valence-corrected chi connectivity index (χ0v) is 12.6. The van der Waals surface area contributed by atoms with Crippen molar-refractivity contribution in [3.63, 3.8) is 0 Å². The number of ether oxygens (including phenoxy) is 1. The number of nitrogens with two attached hydrogens (primary N) is 1. The summed E-state index contributed by atoms with van der Waals surface area (Å²) in [6.07, 6.45) is 0.977. The van der Waals surface area contributed by atoms with E-state index >= 15 is 0 Å². The highest BCUT2D eigenvalue weighted by Gasteiger charge is 2.12. The third-order valence-electron chi connectivity index (χ3n) is 2.84. The fraction of sp³-hybridized carbons (Fsp3) is 0.429. The summed E-state index contributed by atoms with van der Waals surface area (Å²) in [6, 6.07) is 6.17. The van der Waals surface area contributed by atoms with E-state index < -0.39 is 0 Å². The fourth-order valence-corrected chi connectivity index (χ4v) is 2.75. The van der Waals surface area contributed by atoms with Crippen LogP contribution in [0.3, 0.4) is 0 Å². The van der Waals surface area contributed by atoms with E-state index in [0.29, 0.717) is 24.9 Å². The van der Waals surface area contributed by atoms with Crippen LogP contribution < -0.4 is 11.1 Å². The molecule has 0 radical (unpaired) electrons. The molecule has 2 rings (SSSR count). The van der Waals surface area contributed by atoms with Gasteiger partial charge in [0.05, 0.1) is 6.04 Å². The lowest BCUT2D eigenvalue weighted by atomic mass is 10.2. The normalized spacial score (nSPS) is 12.3. The first-order valence-corrected chi connectivity index (χ1v) is 7.62. The Labute approximate surface area is 123 Å². The van der Waals surface area contributed by atoms with Gasteiger partial charge in [-0.2, -0.15) is 0 Å². The molecule has 2 aromatic rings. The monoisotopic (exact) mass is 292 g/mol. The molecule has 1 atom stereocenters. The van der Waals surface area contributed by atoms with Crippen LogP contribution in [0.5, 0.6) is 0 Å². The number of nitrogens with one attached hydrogen (secondary N) is 1. The largest absolute Gasteiger partial charge is 0.384 e. The maximum absolute atomic E-state index is 5.82. The molecule has 3 N–H and O–H groups in total. The number of nitrogens with zero attached hydrogens (tertiary/aromatic N) is 2. The molecule has 0 saturated carbocycles. The van der Waals surface area contributed by atoms with Crippen LogP contribution in [-0.2, 0) is 11.3 Å². The van der Waals surface area contributed by atoms with Gasteiger partial charge in [-0.15, -0.1) is 11.3 Å². The quantitative estimate of drug-likeness (QED) is 0.819. The minimum atomic E-state index is 0.240. The number of nitrogen functional groups attached to an aromatic ring is 1. The smallest absolute Gasteiger partial charge is 0.158 e. The Kier molecular flexibility index (Phi) is 5.31. The second-order valence-electron chi connectivity index (χ2n) is 4.35. The summed E-state index contributed by atoms with van der Waals surface area (Å²) < 4.78 is 5.33. The van der Waals surface area contributed by atoms with Crippen molar-refractivity contribution in [2.75, 3.05) is 17.7 Å². The molecule has 0 spiro atoms. The van der Waals surface area contributed by atoms with Gasteiger partial charge in [-0.25, -0.2) is 9.97 Å². The van der Waals surface area contributed by atoms with Crippen molar-refractivity contribution in [1.29, 1.82) is 0 Å². The molecular formula is C14H20N4OS. The third-order valence-corrected chi connectivity index (χ3v) is 3.83. The molecular weight excluding hydrogens is 272 g/mol. The number of hydrogen-bond acceptors (Lipinski definition) is 6. The van der Waals surface area contributed by atoms with Gasteiger partial charge in [0.15, 0.2) is 5.82 Å². The summed E-state index contributed by atoms with van der Waals surface area (Å²) in [4.78, 5) is 9.91. The van der Waals surface area contributed by atoms with Crippen molar-refractivity contribution in [3.05, 3.63) is 34.3 Å². The van der Waals surface area contributed by atoms with Gasteiger partial charge in [-0.3, -0.25) is 0 Å². The summed E-state index contributed by atoms with van der Waals surface area (Å²) in [6.45, 7) is 5.10. The predicted molar refractivity (Wildman–Crippen MR) is 82.7 cm³/mol. The van der Waals surface area contributed by atoms with Gasteiger partial charge in [0.25, 0.3) is 0 Å². The summed E-state index contributed by atoms with van der Waals surface area (Å²) in [5.74, 6) is 1.81. The highest BCUT2D eigenvalue weighted by molar-refractivity contribution is 7.10. The molecule has 0 aromatic carbocycles. The van der Waals surface area contributed by atoms with Gasteiger partial charge in [0.2, 0.25) is 0 Å². The van der Waals surface area contributed by atoms with Gasteiger partial charge in [0, 0.05) is 17.6 Å². The van der Waals surface area contributed by atoms with Gasteiger partial charge >= 0.3 is 0 Å². The molecule has 0 aliphatic heterocycles. The Bertz CT molecular complexity index is 530. The number of thiophene rings is 1. The molecule has 0 aliphatic carbocycles. The van der Waals surface area contributed by atoms with Crippen LogP contribution >= 0.6 is 11.3 Å². The molecule has 0 saturated heterocycles. The highest BCUT2D eigenvalue weighted by atomic mass is 32.1. The summed E-state index contributed by atoms with van der Waals surface area (Å²) in [5, 5.41) is 5.49. The van der Waals surface area contributed by atoms with Gasteiger partial charge < -0.3 is 15.8 Å². The Morgan fingerprint density at radius 3 is 2.90 bits per heavy atom. The lowest BCUT2D eigenvalue weighted by Crippen LogP contribution is -2.12. The molecule has 2 heterocycles. The van der Waals surface area contributed by atoms with E-state index in [1.54, 1.807) is 17.4 Å². The molecule has 2 aromatic heterocycles. The molecule has 108 valence electrons. The standard InChI is InChI=1S/C14H20N4OS/c1-3-10(11-6-5-7-20-11)16-13-8-12(15)17-14(18-13)9-19-4-2/h5-8,10H,3-4,9H2,1-2H3,(H3,15,16,17,18). The summed E-state index contributed by atoms with van der Waals surface area (Å²) in [7, 11) is 0. The van der Waals surface area contributed by atoms with Gasteiger partial charge in [0.1, 0.15) is 18.2 Å². The van der Waals surface area contributed by atoms with Crippen LogP contribution in [0, 0.1) is 0 Å². The Balaban J connectivity index is 2.13. The zero-order chi connectivity index (χ0) is 14.4. The second-order valence-corrected chi connectivity index (χ2v) is 5.33. The highest BCUT2D eigenvalue weighted by Crippen LogP contribution is 2.25. The van der Waals surface area contributed by atoms with Crippen molar-refractivity contribution < 1.29 is 4.74 Å². The van der Waals surface area contributed by atoms with Crippen LogP contribution in [0.1, 0.15) is 37.0 Å². The van der Waals surface area contributed by atoms with E-state index in [4.69, 9.17) is 10.5 Å². The maximum atomic E-state index is 5.82. The van der Waals surface area contributed by atoms with E-state index in [0.717, 1.165) is 12.2 Å². The average molecular weight is 292 g/mol. The minimum absolute atomic E-state index is 0.240. The average Bonchev–Trinajstić information content (AvgIpc) is 2.96. The van der Waals surface area contributed by atoms with E-state index in [-0.39, 0.29) is 6.04 Å². The molecule has 20 heavy (non-hydrogen) atoms. The number of hydrogen-bond donors (Lipinski definition) is 2. The first-order valence-electron chi connectivity index (χ1n) is 6.74. The molecule has 0 bridgehead atoms. The lowest BCUT2D eigenvalue weighted by molar-refractivity contribution is 0.128. The minimum Gasteiger partial charge on any atom is -0.384 e. The number of anilines is 2. The first kappa shape index (κ1) is 14.7. The molecule has 1 unspecified atom stereocenters. The maximum Gasteiger partial charge on any atom is 0.158 e. The van der Waals surface area contributed by atoms with Crippen LogP contribution in [0.15, 0.2) is 23.6 Å². The molecule has 0 amide bonds. The van der Waals surface area contributed by atoms with Gasteiger partial charge in [-0.05, 0) is 24.8 Å². The number of aromatic nitrogens is 2. The predicted octanol–water partition coefficient (Wildman–Crippen LogP) is 3.22. The van der Waals surface area contributed by atoms with Crippen molar-refractivity contribution in [2.45, 2.75) is 32.9 Å². The molecule has 0 aliphatic rings.